The first-order valence-corrected chi connectivity index (χ1v) is 11.5. The summed E-state index contributed by atoms with van der Waals surface area (Å²) in [6.07, 6.45) is 1.38. The molecule has 0 fully saturated rings. The molecule has 0 aliphatic rings. The molecule has 0 spiro atoms. The maximum atomic E-state index is 13.6. The van der Waals surface area contributed by atoms with Crippen LogP contribution in [0.3, 0.4) is 0 Å². The highest BCUT2D eigenvalue weighted by molar-refractivity contribution is 6.12. The summed E-state index contributed by atoms with van der Waals surface area (Å²) in [5.74, 6) is -0.945. The minimum absolute atomic E-state index is 0.0727. The molecule has 7 nitrogen and oxygen atoms in total. The van der Waals surface area contributed by atoms with E-state index in [4.69, 9.17) is 4.42 Å². The maximum Gasteiger partial charge on any atom is 0.255 e. The topological polar surface area (TPSA) is 91.6 Å². The second kappa shape index (κ2) is 10.5. The Bertz CT molecular complexity index is 1520. The fraction of sp³-hybridized carbons (Fsp3) is 0.138. The number of likely N-dealkylation sites (N-methyl/N-ethyl adjacent to an activating group) is 1. The van der Waals surface area contributed by atoms with Gasteiger partial charge >= 0.3 is 0 Å². The molecule has 8 heteroatoms. The molecule has 0 bridgehead atoms. The van der Waals surface area contributed by atoms with Crippen molar-refractivity contribution < 1.29 is 23.2 Å². The SMILES string of the molecule is C=CNC(=O)c1cccc(-c2cc3c(C(=O)NC)c(-c4ccc(F)cc4)oc3cc2CC(=O)N(C)C)c1. The van der Waals surface area contributed by atoms with Crippen LogP contribution >= 0.6 is 0 Å². The molecule has 37 heavy (non-hydrogen) atoms. The summed E-state index contributed by atoms with van der Waals surface area (Å²) in [6, 6.07) is 16.2. The van der Waals surface area contributed by atoms with Gasteiger partial charge in [-0.15, -0.1) is 0 Å². The smallest absolute Gasteiger partial charge is 0.255 e. The van der Waals surface area contributed by atoms with Gasteiger partial charge in [0.2, 0.25) is 5.91 Å². The van der Waals surface area contributed by atoms with Crippen LogP contribution in [0.25, 0.3) is 33.4 Å². The molecule has 1 heterocycles. The Labute approximate surface area is 213 Å². The van der Waals surface area contributed by atoms with Gasteiger partial charge in [-0.3, -0.25) is 14.4 Å². The molecule has 2 N–H and O–H groups in total. The Morgan fingerprint density at radius 1 is 1.00 bits per heavy atom. The fourth-order valence-electron chi connectivity index (χ4n) is 4.08. The lowest BCUT2D eigenvalue weighted by Gasteiger charge is -2.14. The van der Waals surface area contributed by atoms with Crippen LogP contribution < -0.4 is 10.6 Å². The number of rotatable bonds is 7. The minimum Gasteiger partial charge on any atom is -0.455 e. The van der Waals surface area contributed by atoms with E-state index in [9.17, 15) is 18.8 Å². The standard InChI is InChI=1S/C29H26FN3O4/c1-5-32-28(35)19-8-6-7-18(13-19)22-16-23-24(14-20(22)15-25(34)33(3)4)37-27(26(23)29(36)31-2)17-9-11-21(30)12-10-17/h5-14,16H,1,15H2,2-4H3,(H,31,36)(H,32,35). The van der Waals surface area contributed by atoms with E-state index in [0.29, 0.717) is 38.8 Å². The molecule has 3 aromatic carbocycles. The molecule has 0 atom stereocenters. The lowest BCUT2D eigenvalue weighted by Crippen LogP contribution is -2.23. The molecule has 188 valence electrons. The van der Waals surface area contributed by atoms with Gasteiger partial charge in [0.1, 0.15) is 17.2 Å². The Kier molecular flexibility index (Phi) is 7.20. The summed E-state index contributed by atoms with van der Waals surface area (Å²) in [4.78, 5) is 39.6. The van der Waals surface area contributed by atoms with Crippen molar-refractivity contribution in [3.8, 4) is 22.5 Å². The second-order valence-electron chi connectivity index (χ2n) is 8.62. The van der Waals surface area contributed by atoms with Crippen LogP contribution in [-0.4, -0.2) is 43.8 Å². The third-order valence-corrected chi connectivity index (χ3v) is 5.98. The van der Waals surface area contributed by atoms with Crippen molar-refractivity contribution in [2.75, 3.05) is 21.1 Å². The van der Waals surface area contributed by atoms with Gasteiger partial charge in [-0.25, -0.2) is 4.39 Å². The molecule has 0 unspecified atom stereocenters. The Morgan fingerprint density at radius 3 is 2.38 bits per heavy atom. The number of halogens is 1. The number of fused-ring (bicyclic) bond motifs is 1. The van der Waals surface area contributed by atoms with E-state index in [-0.39, 0.29) is 35.5 Å². The fourth-order valence-corrected chi connectivity index (χ4v) is 4.08. The van der Waals surface area contributed by atoms with Crippen LogP contribution in [0.15, 0.2) is 77.9 Å². The van der Waals surface area contributed by atoms with E-state index in [1.165, 1.54) is 30.3 Å². The molecule has 1 aromatic heterocycles. The number of nitrogens with zero attached hydrogens (tertiary/aromatic N) is 1. The molecule has 0 aliphatic heterocycles. The van der Waals surface area contributed by atoms with Crippen LogP contribution in [0.1, 0.15) is 26.3 Å². The van der Waals surface area contributed by atoms with Crippen molar-refractivity contribution >= 4 is 28.7 Å². The zero-order chi connectivity index (χ0) is 26.7. The zero-order valence-corrected chi connectivity index (χ0v) is 20.7. The van der Waals surface area contributed by atoms with E-state index in [0.717, 1.165) is 0 Å². The maximum absolute atomic E-state index is 13.6. The first kappa shape index (κ1) is 25.4. The van der Waals surface area contributed by atoms with Crippen LogP contribution in [-0.2, 0) is 11.2 Å². The van der Waals surface area contributed by atoms with Crippen molar-refractivity contribution in [1.82, 2.24) is 15.5 Å². The Hall–Kier alpha value is -4.72. The predicted molar refractivity (Wildman–Crippen MR) is 140 cm³/mol. The molecule has 4 aromatic rings. The van der Waals surface area contributed by atoms with Gasteiger partial charge in [-0.2, -0.15) is 0 Å². The van der Waals surface area contributed by atoms with Crippen molar-refractivity contribution in [3.63, 3.8) is 0 Å². The molecular weight excluding hydrogens is 473 g/mol. The second-order valence-corrected chi connectivity index (χ2v) is 8.62. The average Bonchev–Trinajstić information content (AvgIpc) is 3.26. The molecule has 0 saturated heterocycles. The zero-order valence-electron chi connectivity index (χ0n) is 20.7. The number of hydrogen-bond donors (Lipinski definition) is 2. The summed E-state index contributed by atoms with van der Waals surface area (Å²) in [7, 11) is 4.86. The van der Waals surface area contributed by atoms with Crippen LogP contribution in [0, 0.1) is 5.82 Å². The minimum atomic E-state index is -0.409. The number of furan rings is 1. The van der Waals surface area contributed by atoms with Crippen LogP contribution in [0.2, 0.25) is 0 Å². The van der Waals surface area contributed by atoms with Gasteiger partial charge in [-0.05, 0) is 71.4 Å². The molecule has 4 rings (SSSR count). The van der Waals surface area contributed by atoms with Gasteiger partial charge in [0.15, 0.2) is 0 Å². The number of hydrogen-bond acceptors (Lipinski definition) is 4. The quantitative estimate of drug-likeness (QED) is 0.383. The highest BCUT2D eigenvalue weighted by Crippen LogP contribution is 2.38. The first-order chi connectivity index (χ1) is 17.7. The van der Waals surface area contributed by atoms with E-state index >= 15 is 0 Å². The number of carbonyl (C=O) groups excluding carboxylic acids is 3. The number of nitrogens with one attached hydrogen (secondary N) is 2. The van der Waals surface area contributed by atoms with Crippen LogP contribution in [0.5, 0.6) is 0 Å². The van der Waals surface area contributed by atoms with Crippen LogP contribution in [0.4, 0.5) is 4.39 Å². The molecule has 3 amide bonds. The molecule has 0 aliphatic carbocycles. The summed E-state index contributed by atoms with van der Waals surface area (Å²) >= 11 is 0. The average molecular weight is 500 g/mol. The van der Waals surface area contributed by atoms with Gasteiger partial charge in [0.05, 0.1) is 12.0 Å². The van der Waals surface area contributed by atoms with Gasteiger partial charge in [0.25, 0.3) is 11.8 Å². The monoisotopic (exact) mass is 499 g/mol. The summed E-state index contributed by atoms with van der Waals surface area (Å²) < 4.78 is 19.7. The highest BCUT2D eigenvalue weighted by atomic mass is 19.1. The third kappa shape index (κ3) is 5.13. The van der Waals surface area contributed by atoms with E-state index in [1.54, 1.807) is 56.6 Å². The lowest BCUT2D eigenvalue weighted by atomic mass is 9.93. The van der Waals surface area contributed by atoms with Gasteiger partial charge < -0.3 is 20.0 Å². The van der Waals surface area contributed by atoms with Crippen molar-refractivity contribution in [2.45, 2.75) is 6.42 Å². The number of carbonyl (C=O) groups is 3. The lowest BCUT2D eigenvalue weighted by molar-refractivity contribution is -0.127. The Morgan fingerprint density at radius 2 is 1.73 bits per heavy atom. The normalized spacial score (nSPS) is 10.7. The highest BCUT2D eigenvalue weighted by Gasteiger charge is 2.24. The van der Waals surface area contributed by atoms with Gasteiger partial charge in [-0.1, -0.05) is 18.7 Å². The number of benzene rings is 3. The predicted octanol–water partition coefficient (Wildman–Crippen LogP) is 4.77. The van der Waals surface area contributed by atoms with E-state index < -0.39 is 5.82 Å². The third-order valence-electron chi connectivity index (χ3n) is 5.98. The van der Waals surface area contributed by atoms with E-state index in [1.807, 2.05) is 6.07 Å². The van der Waals surface area contributed by atoms with Crippen molar-refractivity contribution in [1.29, 1.82) is 0 Å². The molecular formula is C29H26FN3O4. The summed E-state index contributed by atoms with van der Waals surface area (Å²) in [6.45, 7) is 3.53. The molecule has 0 radical (unpaired) electrons. The van der Waals surface area contributed by atoms with Crippen molar-refractivity contribution in [2.24, 2.45) is 0 Å². The Balaban J connectivity index is 1.99. The molecule has 0 saturated carbocycles. The number of amides is 3. The first-order valence-electron chi connectivity index (χ1n) is 11.5. The van der Waals surface area contributed by atoms with Gasteiger partial charge in [0, 0.05) is 37.7 Å². The summed E-state index contributed by atoms with van der Waals surface area (Å²) in [5, 5.41) is 5.73. The van der Waals surface area contributed by atoms with E-state index in [2.05, 4.69) is 17.2 Å². The van der Waals surface area contributed by atoms with Crippen molar-refractivity contribution in [3.05, 3.63) is 96.0 Å². The summed E-state index contributed by atoms with van der Waals surface area (Å²) in [5.41, 5.74) is 3.66. The largest absolute Gasteiger partial charge is 0.455 e.